The lowest BCUT2D eigenvalue weighted by Crippen LogP contribution is -2.34. The van der Waals surface area contributed by atoms with Crippen LogP contribution in [0.5, 0.6) is 0 Å². The van der Waals surface area contributed by atoms with Crippen LogP contribution in [0.3, 0.4) is 0 Å². The van der Waals surface area contributed by atoms with Gasteiger partial charge in [-0.25, -0.2) is 0 Å². The maximum absolute atomic E-state index is 12.3. The highest BCUT2D eigenvalue weighted by Gasteiger charge is 2.12. The molecule has 7 nitrogen and oxygen atoms in total. The number of rotatable bonds is 4. The second-order valence-electron chi connectivity index (χ2n) is 7.67. The minimum atomic E-state index is -0.257. The lowest BCUT2D eigenvalue weighted by molar-refractivity contribution is 0.0977. The molecular formula is C24H25N5O2S. The zero-order valence-electron chi connectivity index (χ0n) is 18.1. The molecule has 0 saturated heterocycles. The lowest BCUT2D eigenvalue weighted by Gasteiger charge is -2.11. The number of amides is 1. The highest BCUT2D eigenvalue weighted by molar-refractivity contribution is 7.80. The van der Waals surface area contributed by atoms with Crippen molar-refractivity contribution >= 4 is 40.0 Å². The van der Waals surface area contributed by atoms with Crippen molar-refractivity contribution < 1.29 is 10.3 Å². The molecular weight excluding hydrogens is 422 g/mol. The molecule has 32 heavy (non-hydrogen) atoms. The van der Waals surface area contributed by atoms with Gasteiger partial charge >= 0.3 is 0 Å². The van der Waals surface area contributed by atoms with Gasteiger partial charge in [0.1, 0.15) is 11.0 Å². The van der Waals surface area contributed by atoms with Crippen molar-refractivity contribution in [2.75, 3.05) is 5.32 Å². The average molecular weight is 448 g/mol. The van der Waals surface area contributed by atoms with E-state index in [0.717, 1.165) is 28.0 Å². The molecule has 0 atom stereocenters. The zero-order valence-corrected chi connectivity index (χ0v) is 18.9. The van der Waals surface area contributed by atoms with Crippen molar-refractivity contribution in [1.82, 2.24) is 20.3 Å². The van der Waals surface area contributed by atoms with Gasteiger partial charge in [-0.15, -0.1) is 10.2 Å². The van der Waals surface area contributed by atoms with E-state index in [-0.39, 0.29) is 16.5 Å². The molecule has 0 spiro atoms. The van der Waals surface area contributed by atoms with Crippen LogP contribution < -0.4 is 10.6 Å². The predicted octanol–water partition coefficient (Wildman–Crippen LogP) is 4.15. The molecule has 1 heterocycles. The SMILES string of the molecule is Cc1cc2nn(-c3ccc(C(C)C)cc3)nc2cc1NC(=S)NC(=O)c1ccccc1.O. The first-order chi connectivity index (χ1) is 14.9. The molecule has 0 fully saturated rings. The summed E-state index contributed by atoms with van der Waals surface area (Å²) in [5.74, 6) is 0.217. The van der Waals surface area contributed by atoms with Gasteiger partial charge in [0.05, 0.1) is 5.69 Å². The van der Waals surface area contributed by atoms with Crippen LogP contribution in [0, 0.1) is 6.92 Å². The van der Waals surface area contributed by atoms with Gasteiger partial charge in [-0.05, 0) is 72.6 Å². The highest BCUT2D eigenvalue weighted by Crippen LogP contribution is 2.23. The van der Waals surface area contributed by atoms with Crippen LogP contribution in [-0.4, -0.2) is 31.5 Å². The van der Waals surface area contributed by atoms with E-state index in [1.54, 1.807) is 16.9 Å². The molecule has 8 heteroatoms. The Bertz CT molecular complexity index is 1250. The van der Waals surface area contributed by atoms with E-state index in [9.17, 15) is 4.79 Å². The van der Waals surface area contributed by atoms with Gasteiger partial charge < -0.3 is 10.8 Å². The third kappa shape index (κ3) is 4.99. The lowest BCUT2D eigenvalue weighted by atomic mass is 10.0. The molecule has 1 aromatic heterocycles. The Hall–Kier alpha value is -3.62. The predicted molar refractivity (Wildman–Crippen MR) is 131 cm³/mol. The summed E-state index contributed by atoms with van der Waals surface area (Å²) < 4.78 is 0. The third-order valence-electron chi connectivity index (χ3n) is 5.03. The Morgan fingerprint density at radius 2 is 1.59 bits per heavy atom. The van der Waals surface area contributed by atoms with Crippen LogP contribution in [0.15, 0.2) is 66.7 Å². The number of benzene rings is 3. The van der Waals surface area contributed by atoms with E-state index in [1.807, 2.05) is 49.4 Å². The number of aryl methyl sites for hydroxylation is 1. The fourth-order valence-corrected chi connectivity index (χ4v) is 3.43. The number of nitrogens with one attached hydrogen (secondary N) is 2. The van der Waals surface area contributed by atoms with Crippen LogP contribution in [-0.2, 0) is 0 Å². The van der Waals surface area contributed by atoms with Gasteiger partial charge in [-0.3, -0.25) is 10.1 Å². The molecule has 4 aromatic rings. The first-order valence-electron chi connectivity index (χ1n) is 10.1. The van der Waals surface area contributed by atoms with Gasteiger partial charge in [0, 0.05) is 11.3 Å². The van der Waals surface area contributed by atoms with E-state index in [1.165, 1.54) is 5.56 Å². The highest BCUT2D eigenvalue weighted by atomic mass is 32.1. The summed E-state index contributed by atoms with van der Waals surface area (Å²) in [6.07, 6.45) is 0. The Morgan fingerprint density at radius 1 is 0.969 bits per heavy atom. The molecule has 4 N–H and O–H groups in total. The minimum Gasteiger partial charge on any atom is -0.412 e. The van der Waals surface area contributed by atoms with Crippen molar-refractivity contribution in [3.63, 3.8) is 0 Å². The zero-order chi connectivity index (χ0) is 22.0. The fourth-order valence-electron chi connectivity index (χ4n) is 3.23. The first-order valence-corrected chi connectivity index (χ1v) is 10.5. The van der Waals surface area contributed by atoms with Gasteiger partial charge in [0.15, 0.2) is 5.11 Å². The number of nitrogens with zero attached hydrogens (tertiary/aromatic N) is 3. The average Bonchev–Trinajstić information content (AvgIpc) is 3.17. The smallest absolute Gasteiger partial charge is 0.257 e. The van der Waals surface area contributed by atoms with Gasteiger partial charge in [-0.2, -0.15) is 4.80 Å². The number of carbonyl (C=O) groups is 1. The summed E-state index contributed by atoms with van der Waals surface area (Å²) in [5, 5.41) is 15.2. The summed E-state index contributed by atoms with van der Waals surface area (Å²) in [6, 6.07) is 21.0. The van der Waals surface area contributed by atoms with E-state index in [2.05, 4.69) is 46.8 Å². The Balaban J connectivity index is 0.00000289. The number of fused-ring (bicyclic) bond motifs is 1. The van der Waals surface area contributed by atoms with Gasteiger partial charge in [0.2, 0.25) is 0 Å². The number of anilines is 1. The second kappa shape index (κ2) is 9.67. The minimum absolute atomic E-state index is 0. The molecule has 4 rings (SSSR count). The van der Waals surface area contributed by atoms with E-state index in [4.69, 9.17) is 12.2 Å². The van der Waals surface area contributed by atoms with Crippen LogP contribution in [0.2, 0.25) is 0 Å². The molecule has 0 saturated carbocycles. The van der Waals surface area contributed by atoms with Crippen molar-refractivity contribution in [3.8, 4) is 5.69 Å². The molecule has 0 bridgehead atoms. The third-order valence-corrected chi connectivity index (χ3v) is 5.23. The molecule has 0 unspecified atom stereocenters. The molecule has 0 aliphatic carbocycles. The molecule has 0 aliphatic rings. The summed E-state index contributed by atoms with van der Waals surface area (Å²) in [5.41, 5.74) is 5.96. The van der Waals surface area contributed by atoms with Crippen molar-refractivity contribution in [2.24, 2.45) is 0 Å². The number of carbonyl (C=O) groups excluding carboxylic acids is 1. The summed E-state index contributed by atoms with van der Waals surface area (Å²) in [6.45, 7) is 6.29. The summed E-state index contributed by atoms with van der Waals surface area (Å²) in [7, 11) is 0. The molecule has 0 aliphatic heterocycles. The van der Waals surface area contributed by atoms with Crippen LogP contribution in [0.1, 0.15) is 41.3 Å². The van der Waals surface area contributed by atoms with Gasteiger partial charge in [-0.1, -0.05) is 44.2 Å². The first kappa shape index (κ1) is 23.1. The van der Waals surface area contributed by atoms with Gasteiger partial charge in [0.25, 0.3) is 5.91 Å². The molecule has 164 valence electrons. The van der Waals surface area contributed by atoms with E-state index < -0.39 is 0 Å². The quantitative estimate of drug-likeness (QED) is 0.457. The summed E-state index contributed by atoms with van der Waals surface area (Å²) in [4.78, 5) is 13.9. The molecule has 1 amide bonds. The van der Waals surface area contributed by atoms with E-state index in [0.29, 0.717) is 11.5 Å². The van der Waals surface area contributed by atoms with Crippen molar-refractivity contribution in [2.45, 2.75) is 26.7 Å². The number of hydrogen-bond donors (Lipinski definition) is 2. The topological polar surface area (TPSA) is 103 Å². The summed E-state index contributed by atoms with van der Waals surface area (Å²) >= 11 is 5.33. The standard InChI is InChI=1S/C24H23N5OS.H2O/c1-15(2)17-9-11-19(12-10-17)29-27-21-13-16(3)20(14-22(21)28-29)25-24(31)26-23(30)18-7-5-4-6-8-18;/h4-15H,1-3H3,(H2,25,26,30,31);1H2. The molecule has 0 radical (unpaired) electrons. The Morgan fingerprint density at radius 3 is 2.22 bits per heavy atom. The Labute approximate surface area is 191 Å². The normalized spacial score (nSPS) is 10.6. The number of aromatic nitrogens is 3. The number of thiocarbonyl (C=S) groups is 1. The molecule has 3 aromatic carbocycles. The van der Waals surface area contributed by atoms with Crippen LogP contribution >= 0.6 is 12.2 Å². The van der Waals surface area contributed by atoms with Crippen LogP contribution in [0.25, 0.3) is 16.7 Å². The monoisotopic (exact) mass is 447 g/mol. The van der Waals surface area contributed by atoms with Crippen LogP contribution in [0.4, 0.5) is 5.69 Å². The second-order valence-corrected chi connectivity index (χ2v) is 8.07. The van der Waals surface area contributed by atoms with Crippen molar-refractivity contribution in [1.29, 1.82) is 0 Å². The maximum atomic E-state index is 12.3. The largest absolute Gasteiger partial charge is 0.412 e. The van der Waals surface area contributed by atoms with Crippen molar-refractivity contribution in [3.05, 3.63) is 83.4 Å². The fraction of sp³-hybridized carbons (Fsp3) is 0.167. The Kier molecular flexibility index (Phi) is 6.97. The number of hydrogen-bond acceptors (Lipinski definition) is 4. The maximum Gasteiger partial charge on any atom is 0.257 e. The van der Waals surface area contributed by atoms with E-state index >= 15 is 0 Å².